The van der Waals surface area contributed by atoms with Crippen molar-refractivity contribution in [1.29, 1.82) is 0 Å². The third kappa shape index (κ3) is 4.95. The topological polar surface area (TPSA) is 33.1 Å². The van der Waals surface area contributed by atoms with Crippen LogP contribution in [0.5, 0.6) is 0 Å². The molecule has 2 nitrogen and oxygen atoms in total. The van der Waals surface area contributed by atoms with Crippen LogP contribution in [0.25, 0.3) is 0 Å². The Morgan fingerprint density at radius 3 is 2.88 bits per heavy atom. The van der Waals surface area contributed by atoms with E-state index in [0.717, 1.165) is 18.4 Å². The minimum atomic E-state index is -0.281. The van der Waals surface area contributed by atoms with Crippen LogP contribution in [0.15, 0.2) is 18.5 Å². The minimum absolute atomic E-state index is 0.281. The van der Waals surface area contributed by atoms with Gasteiger partial charge in [0.1, 0.15) is 0 Å². The summed E-state index contributed by atoms with van der Waals surface area (Å²) in [5.74, 6) is 0. The Bertz CT molecular complexity index is 304. The monoisotopic (exact) mass is 241 g/mol. The van der Waals surface area contributed by atoms with Gasteiger partial charge in [-0.25, -0.2) is 0 Å². The number of hydrogen-bond donors (Lipinski definition) is 1. The van der Waals surface area contributed by atoms with E-state index in [-0.39, 0.29) is 6.10 Å². The second-order valence-corrected chi connectivity index (χ2v) is 4.58. The number of nitrogens with zero attached hydrogens (tertiary/aromatic N) is 1. The lowest BCUT2D eigenvalue weighted by molar-refractivity contribution is 0.161. The highest BCUT2D eigenvalue weighted by Crippen LogP contribution is 2.17. The molecular formula is C13H20ClNO. The van der Waals surface area contributed by atoms with Crippen molar-refractivity contribution in [2.45, 2.75) is 51.6 Å². The molecule has 0 fully saturated rings. The molecule has 0 saturated heterocycles. The fourth-order valence-electron chi connectivity index (χ4n) is 1.73. The van der Waals surface area contributed by atoms with Gasteiger partial charge in [-0.2, -0.15) is 0 Å². The van der Waals surface area contributed by atoms with Crippen molar-refractivity contribution < 1.29 is 5.11 Å². The Hall–Kier alpha value is -0.600. The molecule has 1 unspecified atom stereocenters. The third-order valence-electron chi connectivity index (χ3n) is 2.70. The van der Waals surface area contributed by atoms with Gasteiger partial charge in [0.15, 0.2) is 0 Å². The summed E-state index contributed by atoms with van der Waals surface area (Å²) < 4.78 is 0. The highest BCUT2D eigenvalue weighted by Gasteiger charge is 2.07. The molecule has 0 amide bonds. The fraction of sp³-hybridized carbons (Fsp3) is 0.615. The van der Waals surface area contributed by atoms with E-state index in [9.17, 15) is 5.11 Å². The van der Waals surface area contributed by atoms with Crippen molar-refractivity contribution in [3.8, 4) is 0 Å². The lowest BCUT2D eigenvalue weighted by Gasteiger charge is -2.11. The van der Waals surface area contributed by atoms with Crippen LogP contribution < -0.4 is 0 Å². The molecule has 0 aliphatic heterocycles. The van der Waals surface area contributed by atoms with Gasteiger partial charge >= 0.3 is 0 Å². The average Bonchev–Trinajstić information content (AvgIpc) is 2.28. The third-order valence-corrected chi connectivity index (χ3v) is 3.04. The van der Waals surface area contributed by atoms with E-state index in [2.05, 4.69) is 11.9 Å². The van der Waals surface area contributed by atoms with Gasteiger partial charge < -0.3 is 5.11 Å². The molecule has 1 aromatic rings. The molecule has 1 N–H and O–H groups in total. The predicted octanol–water partition coefficient (Wildman–Crippen LogP) is 3.61. The van der Waals surface area contributed by atoms with Gasteiger partial charge in [0.25, 0.3) is 0 Å². The summed E-state index contributed by atoms with van der Waals surface area (Å²) in [5, 5.41) is 10.5. The summed E-state index contributed by atoms with van der Waals surface area (Å²) in [6.07, 6.45) is 9.33. The zero-order chi connectivity index (χ0) is 11.8. The van der Waals surface area contributed by atoms with E-state index in [1.165, 1.54) is 19.3 Å². The second kappa shape index (κ2) is 7.64. The molecule has 3 heteroatoms. The van der Waals surface area contributed by atoms with E-state index < -0.39 is 0 Å². The van der Waals surface area contributed by atoms with Crippen LogP contribution >= 0.6 is 11.6 Å². The van der Waals surface area contributed by atoms with E-state index in [0.29, 0.717) is 11.4 Å². The Balaban J connectivity index is 2.28. The smallest absolute Gasteiger partial charge is 0.0622 e. The molecule has 0 aliphatic rings. The van der Waals surface area contributed by atoms with Gasteiger partial charge in [0.05, 0.1) is 11.1 Å². The molecule has 16 heavy (non-hydrogen) atoms. The van der Waals surface area contributed by atoms with Crippen molar-refractivity contribution >= 4 is 11.6 Å². The number of aliphatic hydroxyl groups excluding tert-OH is 1. The Morgan fingerprint density at radius 2 is 2.19 bits per heavy atom. The second-order valence-electron chi connectivity index (χ2n) is 4.17. The maximum absolute atomic E-state index is 9.85. The summed E-state index contributed by atoms with van der Waals surface area (Å²) >= 11 is 5.98. The summed E-state index contributed by atoms with van der Waals surface area (Å²) in [4.78, 5) is 3.93. The van der Waals surface area contributed by atoms with E-state index in [1.807, 2.05) is 6.07 Å². The largest absolute Gasteiger partial charge is 0.393 e. The number of pyridine rings is 1. The number of aliphatic hydroxyl groups is 1. The van der Waals surface area contributed by atoms with Crippen LogP contribution in [0.3, 0.4) is 0 Å². The molecule has 0 bridgehead atoms. The first-order valence-electron chi connectivity index (χ1n) is 6.00. The Labute approximate surface area is 103 Å². The molecular weight excluding hydrogens is 222 g/mol. The van der Waals surface area contributed by atoms with Crippen LogP contribution in [0.1, 0.15) is 44.6 Å². The molecule has 1 aromatic heterocycles. The lowest BCUT2D eigenvalue weighted by Crippen LogP contribution is -2.10. The van der Waals surface area contributed by atoms with Gasteiger partial charge in [-0.1, -0.05) is 44.2 Å². The van der Waals surface area contributed by atoms with E-state index in [1.54, 1.807) is 12.4 Å². The average molecular weight is 242 g/mol. The van der Waals surface area contributed by atoms with Gasteiger partial charge in [-0.3, -0.25) is 4.98 Å². The summed E-state index contributed by atoms with van der Waals surface area (Å²) in [6, 6.07) is 1.87. The molecule has 0 saturated carbocycles. The summed E-state index contributed by atoms with van der Waals surface area (Å²) in [6.45, 7) is 2.19. The number of hydrogen-bond acceptors (Lipinski definition) is 2. The Kier molecular flexibility index (Phi) is 6.43. The highest BCUT2D eigenvalue weighted by molar-refractivity contribution is 6.31. The first-order valence-corrected chi connectivity index (χ1v) is 6.38. The van der Waals surface area contributed by atoms with Crippen molar-refractivity contribution in [3.63, 3.8) is 0 Å². The molecule has 1 heterocycles. The normalized spacial score (nSPS) is 12.7. The quantitative estimate of drug-likeness (QED) is 0.740. The molecule has 90 valence electrons. The fourth-order valence-corrected chi connectivity index (χ4v) is 1.93. The van der Waals surface area contributed by atoms with Gasteiger partial charge in [-0.05, 0) is 24.5 Å². The zero-order valence-corrected chi connectivity index (χ0v) is 10.6. The van der Waals surface area contributed by atoms with Crippen molar-refractivity contribution in [3.05, 3.63) is 29.0 Å². The van der Waals surface area contributed by atoms with Crippen molar-refractivity contribution in [1.82, 2.24) is 4.98 Å². The van der Waals surface area contributed by atoms with Gasteiger partial charge in [0.2, 0.25) is 0 Å². The molecule has 0 aromatic carbocycles. The number of rotatable bonds is 7. The SMILES string of the molecule is CCCCCCC(O)Cc1ccncc1Cl. The predicted molar refractivity (Wildman–Crippen MR) is 67.7 cm³/mol. The number of halogens is 1. The zero-order valence-electron chi connectivity index (χ0n) is 9.82. The van der Waals surface area contributed by atoms with Crippen LogP contribution in [-0.2, 0) is 6.42 Å². The molecule has 0 spiro atoms. The lowest BCUT2D eigenvalue weighted by atomic mass is 10.0. The number of aromatic nitrogens is 1. The first-order chi connectivity index (χ1) is 7.74. The van der Waals surface area contributed by atoms with E-state index in [4.69, 9.17) is 11.6 Å². The van der Waals surface area contributed by atoms with Crippen molar-refractivity contribution in [2.75, 3.05) is 0 Å². The van der Waals surface area contributed by atoms with Crippen LogP contribution in [0.4, 0.5) is 0 Å². The van der Waals surface area contributed by atoms with Crippen LogP contribution in [0.2, 0.25) is 5.02 Å². The van der Waals surface area contributed by atoms with Crippen molar-refractivity contribution in [2.24, 2.45) is 0 Å². The summed E-state index contributed by atoms with van der Waals surface area (Å²) in [5.41, 5.74) is 0.986. The maximum atomic E-state index is 9.85. The maximum Gasteiger partial charge on any atom is 0.0622 e. The van der Waals surface area contributed by atoms with Crippen LogP contribution in [-0.4, -0.2) is 16.2 Å². The standard InChI is InChI=1S/C13H20ClNO/c1-2-3-4-5-6-12(16)9-11-7-8-15-10-13(11)14/h7-8,10,12,16H,2-6,9H2,1H3. The molecule has 1 atom stereocenters. The molecule has 1 rings (SSSR count). The van der Waals surface area contributed by atoms with Gasteiger partial charge in [0, 0.05) is 12.4 Å². The van der Waals surface area contributed by atoms with Crippen LogP contribution in [0, 0.1) is 0 Å². The Morgan fingerprint density at radius 1 is 1.38 bits per heavy atom. The first kappa shape index (κ1) is 13.5. The van der Waals surface area contributed by atoms with E-state index >= 15 is 0 Å². The highest BCUT2D eigenvalue weighted by atomic mass is 35.5. The van der Waals surface area contributed by atoms with Gasteiger partial charge in [-0.15, -0.1) is 0 Å². The minimum Gasteiger partial charge on any atom is -0.393 e. The number of unbranched alkanes of at least 4 members (excludes halogenated alkanes) is 3. The molecule has 0 radical (unpaired) electrons. The molecule has 0 aliphatic carbocycles. The summed E-state index contributed by atoms with van der Waals surface area (Å²) in [7, 11) is 0.